The molecule has 1 atom stereocenters. The Morgan fingerprint density at radius 1 is 1.03 bits per heavy atom. The van der Waals surface area contributed by atoms with Gasteiger partial charge in [-0.25, -0.2) is 9.97 Å². The molecule has 1 N–H and O–H groups in total. The van der Waals surface area contributed by atoms with Crippen LogP contribution in [0.3, 0.4) is 0 Å². The summed E-state index contributed by atoms with van der Waals surface area (Å²) in [6, 6.07) is 10.9. The van der Waals surface area contributed by atoms with Gasteiger partial charge in [0.1, 0.15) is 12.4 Å². The Morgan fingerprint density at radius 2 is 1.91 bits per heavy atom. The molecule has 8 nitrogen and oxygen atoms in total. The van der Waals surface area contributed by atoms with Crippen LogP contribution in [-0.4, -0.2) is 59.3 Å². The number of methoxy groups -OCH3 is 2. The molecular formula is C25H31N5O3. The summed E-state index contributed by atoms with van der Waals surface area (Å²) >= 11 is 0. The molecule has 0 amide bonds. The van der Waals surface area contributed by atoms with E-state index in [0.29, 0.717) is 24.0 Å². The number of benzene rings is 1. The van der Waals surface area contributed by atoms with Crippen LogP contribution in [0.1, 0.15) is 35.8 Å². The van der Waals surface area contributed by atoms with Crippen LogP contribution in [0.2, 0.25) is 0 Å². The van der Waals surface area contributed by atoms with Crippen LogP contribution in [-0.2, 0) is 13.2 Å². The van der Waals surface area contributed by atoms with E-state index in [0.717, 1.165) is 49.2 Å². The normalized spacial score (nSPS) is 18.8. The van der Waals surface area contributed by atoms with Crippen molar-refractivity contribution in [1.29, 1.82) is 0 Å². The number of nitrogens with zero attached hydrogens (tertiary/aromatic N) is 4. The molecule has 1 saturated carbocycles. The SMILES string of the molecule is COc1ccc(COc2ccc(Cn3ccnc3C3CN(C4CC4)CCN3)cc2OC)cn1. The summed E-state index contributed by atoms with van der Waals surface area (Å²) in [5.41, 5.74) is 2.10. The minimum absolute atomic E-state index is 0.261. The second kappa shape index (κ2) is 9.80. The zero-order valence-electron chi connectivity index (χ0n) is 19.2. The van der Waals surface area contributed by atoms with Gasteiger partial charge in [0.25, 0.3) is 0 Å². The molecule has 1 saturated heterocycles. The maximum atomic E-state index is 6.00. The van der Waals surface area contributed by atoms with Crippen LogP contribution in [0, 0.1) is 0 Å². The molecule has 1 aromatic carbocycles. The molecule has 3 aromatic rings. The van der Waals surface area contributed by atoms with Gasteiger partial charge in [-0.15, -0.1) is 0 Å². The monoisotopic (exact) mass is 449 g/mol. The number of rotatable bonds is 9. The average Bonchev–Trinajstić information content (AvgIpc) is 3.62. The maximum Gasteiger partial charge on any atom is 0.212 e. The molecule has 2 aromatic heterocycles. The molecule has 0 spiro atoms. The van der Waals surface area contributed by atoms with E-state index in [9.17, 15) is 0 Å². The van der Waals surface area contributed by atoms with Gasteiger partial charge in [-0.3, -0.25) is 4.90 Å². The van der Waals surface area contributed by atoms with Crippen molar-refractivity contribution >= 4 is 0 Å². The third-order valence-corrected chi connectivity index (χ3v) is 6.31. The van der Waals surface area contributed by atoms with E-state index in [4.69, 9.17) is 14.2 Å². The number of nitrogens with one attached hydrogen (secondary N) is 1. The first kappa shape index (κ1) is 21.7. The molecule has 5 rings (SSSR count). The van der Waals surface area contributed by atoms with Crippen LogP contribution < -0.4 is 19.5 Å². The lowest BCUT2D eigenvalue weighted by molar-refractivity contribution is 0.186. The molecule has 3 heterocycles. The molecular weight excluding hydrogens is 418 g/mol. The molecule has 1 aliphatic carbocycles. The summed E-state index contributed by atoms with van der Waals surface area (Å²) in [6.45, 7) is 4.31. The zero-order chi connectivity index (χ0) is 22.6. The number of imidazole rings is 1. The number of ether oxygens (including phenoxy) is 3. The Balaban J connectivity index is 1.25. The van der Waals surface area contributed by atoms with E-state index >= 15 is 0 Å². The van der Waals surface area contributed by atoms with Crippen LogP contribution in [0.25, 0.3) is 0 Å². The van der Waals surface area contributed by atoms with Crippen molar-refractivity contribution in [2.45, 2.75) is 38.1 Å². The summed E-state index contributed by atoms with van der Waals surface area (Å²) in [6.07, 6.45) is 8.38. The standard InChI is InChI=1S/C25H31N5O3/c1-31-23-13-18(3-7-22(23)33-17-19-4-8-24(32-2)28-14-19)15-30-12-10-27-25(30)21-16-29(11-9-26-21)20-5-6-20/h3-4,7-8,10,12-14,20-21,26H,5-6,9,11,15-17H2,1-2H3. The van der Waals surface area contributed by atoms with Gasteiger partial charge in [0.15, 0.2) is 11.5 Å². The number of hydrogen-bond acceptors (Lipinski definition) is 7. The summed E-state index contributed by atoms with van der Waals surface area (Å²) in [7, 11) is 3.27. The van der Waals surface area contributed by atoms with E-state index in [-0.39, 0.29) is 6.04 Å². The van der Waals surface area contributed by atoms with E-state index in [1.165, 1.54) is 12.8 Å². The fraction of sp³-hybridized carbons (Fsp3) is 0.440. The van der Waals surface area contributed by atoms with Gasteiger partial charge >= 0.3 is 0 Å². The largest absolute Gasteiger partial charge is 0.493 e. The van der Waals surface area contributed by atoms with Gasteiger partial charge < -0.3 is 24.1 Å². The van der Waals surface area contributed by atoms with Gasteiger partial charge in [-0.05, 0) is 36.6 Å². The van der Waals surface area contributed by atoms with Crippen LogP contribution in [0.4, 0.5) is 0 Å². The molecule has 2 fully saturated rings. The van der Waals surface area contributed by atoms with Crippen molar-refractivity contribution in [1.82, 2.24) is 24.8 Å². The van der Waals surface area contributed by atoms with E-state index in [1.54, 1.807) is 20.4 Å². The highest BCUT2D eigenvalue weighted by atomic mass is 16.5. The van der Waals surface area contributed by atoms with E-state index < -0.39 is 0 Å². The van der Waals surface area contributed by atoms with E-state index in [1.807, 2.05) is 30.5 Å². The molecule has 33 heavy (non-hydrogen) atoms. The van der Waals surface area contributed by atoms with Gasteiger partial charge in [0, 0.05) is 62.4 Å². The minimum atomic E-state index is 0.261. The van der Waals surface area contributed by atoms with Crippen LogP contribution >= 0.6 is 0 Å². The van der Waals surface area contributed by atoms with Crippen LogP contribution in [0.5, 0.6) is 17.4 Å². The fourth-order valence-corrected chi connectivity index (χ4v) is 4.39. The lowest BCUT2D eigenvalue weighted by Gasteiger charge is -2.33. The first-order chi connectivity index (χ1) is 16.2. The minimum Gasteiger partial charge on any atom is -0.493 e. The first-order valence-corrected chi connectivity index (χ1v) is 11.5. The second-order valence-electron chi connectivity index (χ2n) is 8.63. The van der Waals surface area contributed by atoms with Crippen molar-refractivity contribution in [2.75, 3.05) is 33.9 Å². The Morgan fingerprint density at radius 3 is 2.67 bits per heavy atom. The Labute approximate surface area is 194 Å². The van der Waals surface area contributed by atoms with Crippen molar-refractivity contribution in [2.24, 2.45) is 0 Å². The molecule has 0 radical (unpaired) electrons. The fourth-order valence-electron chi connectivity index (χ4n) is 4.39. The number of pyridine rings is 1. The Kier molecular flexibility index (Phi) is 6.46. The highest BCUT2D eigenvalue weighted by molar-refractivity contribution is 5.43. The van der Waals surface area contributed by atoms with Crippen LogP contribution in [0.15, 0.2) is 48.9 Å². The highest BCUT2D eigenvalue weighted by Gasteiger charge is 2.34. The number of hydrogen-bond donors (Lipinski definition) is 1. The van der Waals surface area contributed by atoms with Gasteiger partial charge in [-0.1, -0.05) is 6.07 Å². The topological polar surface area (TPSA) is 73.7 Å². The Hall–Kier alpha value is -3.10. The highest BCUT2D eigenvalue weighted by Crippen LogP contribution is 2.31. The molecule has 8 heteroatoms. The van der Waals surface area contributed by atoms with E-state index in [2.05, 4.69) is 37.0 Å². The Bertz CT molecular complexity index is 1060. The van der Waals surface area contributed by atoms with Gasteiger partial charge in [0.05, 0.1) is 20.3 Å². The third-order valence-electron chi connectivity index (χ3n) is 6.31. The lowest BCUT2D eigenvalue weighted by Crippen LogP contribution is -2.47. The molecule has 2 aliphatic rings. The summed E-state index contributed by atoms with van der Waals surface area (Å²) in [5, 5.41) is 3.65. The predicted octanol–water partition coefficient (Wildman–Crippen LogP) is 3.03. The molecule has 1 unspecified atom stereocenters. The lowest BCUT2D eigenvalue weighted by atomic mass is 10.1. The molecule has 174 valence electrons. The predicted molar refractivity (Wildman–Crippen MR) is 125 cm³/mol. The molecule has 0 bridgehead atoms. The van der Waals surface area contributed by atoms with Gasteiger partial charge in [-0.2, -0.15) is 0 Å². The second-order valence-corrected chi connectivity index (χ2v) is 8.63. The van der Waals surface area contributed by atoms with Crippen molar-refractivity contribution < 1.29 is 14.2 Å². The quantitative estimate of drug-likeness (QED) is 0.538. The number of aromatic nitrogens is 3. The molecule has 1 aliphatic heterocycles. The summed E-state index contributed by atoms with van der Waals surface area (Å²) in [5.74, 6) is 3.10. The average molecular weight is 450 g/mol. The maximum absolute atomic E-state index is 6.00. The summed E-state index contributed by atoms with van der Waals surface area (Å²) < 4.78 is 18.9. The van der Waals surface area contributed by atoms with Gasteiger partial charge in [0.2, 0.25) is 5.88 Å². The van der Waals surface area contributed by atoms with Crippen molar-refractivity contribution in [3.8, 4) is 17.4 Å². The van der Waals surface area contributed by atoms with Crippen molar-refractivity contribution in [3.63, 3.8) is 0 Å². The third kappa shape index (κ3) is 5.12. The smallest absolute Gasteiger partial charge is 0.212 e. The number of piperazine rings is 1. The summed E-state index contributed by atoms with van der Waals surface area (Å²) in [4.78, 5) is 11.5. The van der Waals surface area contributed by atoms with Crippen molar-refractivity contribution in [3.05, 3.63) is 65.9 Å². The zero-order valence-corrected chi connectivity index (χ0v) is 19.2. The first-order valence-electron chi connectivity index (χ1n) is 11.5.